The Morgan fingerprint density at radius 1 is 1.16 bits per heavy atom. The minimum atomic E-state index is -1.51. The van der Waals surface area contributed by atoms with Gasteiger partial charge in [0.1, 0.15) is 5.69 Å². The number of nitrogens with one attached hydrogen (secondary N) is 2. The third kappa shape index (κ3) is 2.88. The van der Waals surface area contributed by atoms with Gasteiger partial charge in [-0.2, -0.15) is 0 Å². The maximum absolute atomic E-state index is 14.7. The predicted octanol–water partition coefficient (Wildman–Crippen LogP) is 4.57. The molecule has 0 radical (unpaired) electrons. The number of aromatic nitrogens is 1. The second kappa shape index (κ2) is 6.80. The second-order valence-electron chi connectivity index (χ2n) is 5.16. The van der Waals surface area contributed by atoms with Gasteiger partial charge in [-0.15, -0.1) is 6.58 Å². The van der Waals surface area contributed by atoms with Crippen molar-refractivity contribution in [1.82, 2.24) is 4.98 Å². The molecule has 3 nitrogen and oxygen atoms in total. The summed E-state index contributed by atoms with van der Waals surface area (Å²) in [7, 11) is 0. The van der Waals surface area contributed by atoms with E-state index in [1.165, 1.54) is 30.6 Å². The van der Waals surface area contributed by atoms with Gasteiger partial charge in [0.15, 0.2) is 23.3 Å². The Kier molecular flexibility index (Phi) is 4.56. The highest BCUT2D eigenvalue weighted by molar-refractivity contribution is 5.88. The normalized spacial score (nSPS) is 14.9. The highest BCUT2D eigenvalue weighted by Crippen LogP contribution is 2.37. The van der Waals surface area contributed by atoms with Gasteiger partial charge < -0.3 is 10.3 Å². The van der Waals surface area contributed by atoms with Crippen molar-refractivity contribution >= 4 is 17.5 Å². The molecule has 0 atom stereocenters. The van der Waals surface area contributed by atoms with Crippen molar-refractivity contribution in [3.05, 3.63) is 83.4 Å². The molecule has 1 aliphatic heterocycles. The number of allylic oxidation sites excluding steroid dienone is 2. The van der Waals surface area contributed by atoms with E-state index in [0.29, 0.717) is 0 Å². The van der Waals surface area contributed by atoms with Crippen LogP contribution in [0.1, 0.15) is 11.3 Å². The molecule has 2 heterocycles. The lowest BCUT2D eigenvalue weighted by Gasteiger charge is -2.15. The molecule has 2 N–H and O–H groups in total. The van der Waals surface area contributed by atoms with Crippen LogP contribution < -0.4 is 5.32 Å². The van der Waals surface area contributed by atoms with Crippen LogP contribution in [0.4, 0.5) is 23.2 Å². The molecule has 1 aromatic carbocycles. The predicted molar refractivity (Wildman–Crippen MR) is 89.4 cm³/mol. The summed E-state index contributed by atoms with van der Waals surface area (Å²) < 4.78 is 58.0. The molecule has 0 unspecified atom stereocenters. The number of halogens is 4. The topological polar surface area (TPSA) is 40.2 Å². The van der Waals surface area contributed by atoms with Gasteiger partial charge in [0.25, 0.3) is 0 Å². The van der Waals surface area contributed by atoms with Crippen molar-refractivity contribution in [2.45, 2.75) is 0 Å². The van der Waals surface area contributed by atoms with E-state index < -0.39 is 34.5 Å². The quantitative estimate of drug-likeness (QED) is 0.464. The van der Waals surface area contributed by atoms with Crippen LogP contribution in [0.3, 0.4) is 0 Å². The number of aromatic amines is 1. The zero-order valence-electron chi connectivity index (χ0n) is 12.9. The Morgan fingerprint density at radius 2 is 1.88 bits per heavy atom. The van der Waals surface area contributed by atoms with Crippen LogP contribution in [0.5, 0.6) is 0 Å². The smallest absolute Gasteiger partial charge is 0.185 e. The Labute approximate surface area is 141 Å². The molecule has 0 spiro atoms. The molecule has 1 aromatic heterocycles. The molecular formula is C18H13F4N3. The first-order valence-electron chi connectivity index (χ1n) is 7.36. The molecule has 0 saturated carbocycles. The Hall–Kier alpha value is -3.09. The molecule has 0 bridgehead atoms. The van der Waals surface area contributed by atoms with Gasteiger partial charge in [0.05, 0.1) is 11.3 Å². The lowest BCUT2D eigenvalue weighted by atomic mass is 9.98. The number of rotatable bonds is 5. The monoisotopic (exact) mass is 347 g/mol. The average molecular weight is 347 g/mol. The number of nitrogens with zero attached hydrogens (tertiary/aromatic N) is 1. The fourth-order valence-corrected chi connectivity index (χ4v) is 2.52. The molecule has 3 rings (SSSR count). The lowest BCUT2D eigenvalue weighted by molar-refractivity contribution is 0.455. The molecule has 0 saturated heterocycles. The average Bonchev–Trinajstić information content (AvgIpc) is 3.31. The van der Waals surface area contributed by atoms with Crippen LogP contribution in [-0.4, -0.2) is 17.7 Å². The lowest BCUT2D eigenvalue weighted by Crippen LogP contribution is -2.11. The SMILES string of the molecule is C=CCNc1c(F)c(F)c(C(=C2C=CC=N2)c2ccc[nH]2)c(F)c1F. The van der Waals surface area contributed by atoms with Crippen LogP contribution in [-0.2, 0) is 0 Å². The number of hydrogen-bond acceptors (Lipinski definition) is 2. The maximum Gasteiger partial charge on any atom is 0.185 e. The van der Waals surface area contributed by atoms with Gasteiger partial charge in [-0.1, -0.05) is 6.08 Å². The summed E-state index contributed by atoms with van der Waals surface area (Å²) in [6, 6.07) is 3.13. The zero-order valence-corrected chi connectivity index (χ0v) is 12.9. The first-order chi connectivity index (χ1) is 12.1. The molecule has 0 amide bonds. The van der Waals surface area contributed by atoms with Crippen molar-refractivity contribution in [2.24, 2.45) is 4.99 Å². The summed E-state index contributed by atoms with van der Waals surface area (Å²) >= 11 is 0. The van der Waals surface area contributed by atoms with Gasteiger partial charge in [0.2, 0.25) is 0 Å². The minimum Gasteiger partial charge on any atom is -0.377 e. The third-order valence-corrected chi connectivity index (χ3v) is 3.61. The zero-order chi connectivity index (χ0) is 18.0. The van der Waals surface area contributed by atoms with E-state index in [1.807, 2.05) is 0 Å². The fraction of sp³-hybridized carbons (Fsp3) is 0.0556. The van der Waals surface area contributed by atoms with E-state index in [9.17, 15) is 17.6 Å². The van der Waals surface area contributed by atoms with Crippen molar-refractivity contribution in [3.8, 4) is 0 Å². The van der Waals surface area contributed by atoms with Crippen LogP contribution in [0, 0.1) is 23.3 Å². The molecule has 0 aliphatic carbocycles. The summed E-state index contributed by atoms with van der Waals surface area (Å²) in [5.41, 5.74) is -1.30. The summed E-state index contributed by atoms with van der Waals surface area (Å²) in [5.74, 6) is -6.02. The summed E-state index contributed by atoms with van der Waals surface area (Å²) in [6.45, 7) is 3.33. The van der Waals surface area contributed by atoms with Crippen LogP contribution >= 0.6 is 0 Å². The molecule has 2 aromatic rings. The van der Waals surface area contributed by atoms with Crippen LogP contribution in [0.2, 0.25) is 0 Å². The van der Waals surface area contributed by atoms with Gasteiger partial charge in [0, 0.05) is 30.2 Å². The fourth-order valence-electron chi connectivity index (χ4n) is 2.52. The molecule has 128 valence electrons. The molecular weight excluding hydrogens is 334 g/mol. The summed E-state index contributed by atoms with van der Waals surface area (Å²) in [6.07, 6.45) is 7.31. The largest absolute Gasteiger partial charge is 0.377 e. The standard InChI is InChI=1S/C18H13F4N3/c1-2-7-25-18-16(21)14(19)13(15(20)17(18)22)12(10-5-3-8-23-10)11-6-4-9-24-11/h2-6,8-9,23,25H,1,7H2. The number of anilines is 1. The number of aliphatic imine (C=N–C) groups is 1. The van der Waals surface area contributed by atoms with Crippen LogP contribution in [0.15, 0.2) is 53.8 Å². The van der Waals surface area contributed by atoms with Gasteiger partial charge in [-0.05, 0) is 24.3 Å². The molecule has 0 fully saturated rings. The summed E-state index contributed by atoms with van der Waals surface area (Å²) in [5, 5.41) is 2.27. The first-order valence-corrected chi connectivity index (χ1v) is 7.36. The Bertz CT molecular complexity index is 866. The molecule has 7 heteroatoms. The summed E-state index contributed by atoms with van der Waals surface area (Å²) in [4.78, 5) is 6.78. The Morgan fingerprint density at radius 3 is 2.40 bits per heavy atom. The highest BCUT2D eigenvalue weighted by Gasteiger charge is 2.29. The van der Waals surface area contributed by atoms with Gasteiger partial charge in [-0.3, -0.25) is 4.99 Å². The van der Waals surface area contributed by atoms with Crippen molar-refractivity contribution in [2.75, 3.05) is 11.9 Å². The second-order valence-corrected chi connectivity index (χ2v) is 5.16. The molecule has 1 aliphatic rings. The number of H-pyrrole nitrogens is 1. The number of benzene rings is 1. The van der Waals surface area contributed by atoms with Crippen LogP contribution in [0.25, 0.3) is 5.57 Å². The Balaban J connectivity index is 2.29. The van der Waals surface area contributed by atoms with Crippen molar-refractivity contribution < 1.29 is 17.6 Å². The van der Waals surface area contributed by atoms with Gasteiger partial charge >= 0.3 is 0 Å². The molecule has 25 heavy (non-hydrogen) atoms. The van der Waals surface area contributed by atoms with Gasteiger partial charge in [-0.25, -0.2) is 17.6 Å². The maximum atomic E-state index is 14.7. The van der Waals surface area contributed by atoms with E-state index in [4.69, 9.17) is 0 Å². The first kappa shape index (κ1) is 16.8. The van der Waals surface area contributed by atoms with E-state index in [-0.39, 0.29) is 23.5 Å². The van der Waals surface area contributed by atoms with E-state index in [1.54, 1.807) is 12.1 Å². The minimum absolute atomic E-state index is 0.0519. The number of hydrogen-bond donors (Lipinski definition) is 2. The highest BCUT2D eigenvalue weighted by atomic mass is 19.2. The van der Waals surface area contributed by atoms with E-state index >= 15 is 0 Å². The van der Waals surface area contributed by atoms with Crippen molar-refractivity contribution in [1.29, 1.82) is 0 Å². The third-order valence-electron chi connectivity index (χ3n) is 3.61. The van der Waals surface area contributed by atoms with E-state index in [0.717, 1.165) is 0 Å². The van der Waals surface area contributed by atoms with Crippen molar-refractivity contribution in [3.63, 3.8) is 0 Å². The van der Waals surface area contributed by atoms with E-state index in [2.05, 4.69) is 21.9 Å².